The first-order valence-corrected chi connectivity index (χ1v) is 6.13. The Morgan fingerprint density at radius 1 is 1.24 bits per heavy atom. The zero-order valence-corrected chi connectivity index (χ0v) is 10.2. The molecule has 17 heavy (non-hydrogen) atoms. The second-order valence-corrected chi connectivity index (χ2v) is 4.37. The van der Waals surface area contributed by atoms with E-state index in [0.29, 0.717) is 0 Å². The molecule has 1 atom stereocenters. The molecule has 0 fully saturated rings. The molecule has 0 spiro atoms. The minimum atomic E-state index is 0.198. The van der Waals surface area contributed by atoms with E-state index in [1.54, 1.807) is 0 Å². The van der Waals surface area contributed by atoms with Crippen molar-refractivity contribution in [1.29, 1.82) is 0 Å². The van der Waals surface area contributed by atoms with Gasteiger partial charge in [-0.3, -0.25) is 4.68 Å². The van der Waals surface area contributed by atoms with E-state index < -0.39 is 0 Å². The lowest BCUT2D eigenvalue weighted by molar-refractivity contribution is 0.482. The van der Waals surface area contributed by atoms with Crippen LogP contribution in [0.2, 0.25) is 0 Å². The third-order valence-corrected chi connectivity index (χ3v) is 2.82. The highest BCUT2D eigenvalue weighted by Crippen LogP contribution is 2.17. The third kappa shape index (κ3) is 3.17. The molecule has 0 radical (unpaired) electrons. The Morgan fingerprint density at radius 2 is 2.00 bits per heavy atom. The van der Waals surface area contributed by atoms with Gasteiger partial charge in [0.25, 0.3) is 0 Å². The summed E-state index contributed by atoms with van der Waals surface area (Å²) in [6, 6.07) is 10.5. The Bertz CT molecular complexity index is 448. The topological polar surface area (TPSA) is 43.8 Å². The zero-order valence-electron chi connectivity index (χ0n) is 10.2. The van der Waals surface area contributed by atoms with Crippen molar-refractivity contribution in [3.8, 4) is 11.1 Å². The third-order valence-electron chi connectivity index (χ3n) is 2.82. The van der Waals surface area contributed by atoms with Gasteiger partial charge < -0.3 is 5.73 Å². The van der Waals surface area contributed by atoms with Crippen molar-refractivity contribution >= 4 is 0 Å². The molecule has 1 aromatic carbocycles. The van der Waals surface area contributed by atoms with E-state index in [0.717, 1.165) is 24.9 Å². The molecule has 1 aromatic heterocycles. The van der Waals surface area contributed by atoms with Gasteiger partial charge in [-0.2, -0.15) is 5.10 Å². The molecule has 2 rings (SSSR count). The van der Waals surface area contributed by atoms with Crippen LogP contribution < -0.4 is 5.73 Å². The standard InChI is InChI=1S/C14H19N3/c1-2-6-14(15)11-17-10-13(9-16-17)12-7-4-3-5-8-12/h3-5,7-10,14H,2,6,11,15H2,1H3. The molecule has 0 bridgehead atoms. The first-order chi connectivity index (χ1) is 8.29. The number of hydrogen-bond donors (Lipinski definition) is 1. The molecule has 0 saturated heterocycles. The van der Waals surface area contributed by atoms with Gasteiger partial charge in [-0.1, -0.05) is 43.7 Å². The maximum absolute atomic E-state index is 6.00. The second kappa shape index (κ2) is 5.64. The molecule has 2 N–H and O–H groups in total. The molecule has 3 nitrogen and oxygen atoms in total. The average molecular weight is 229 g/mol. The Hall–Kier alpha value is -1.61. The fraction of sp³-hybridized carbons (Fsp3) is 0.357. The highest BCUT2D eigenvalue weighted by molar-refractivity contribution is 5.61. The van der Waals surface area contributed by atoms with Crippen LogP contribution in [0.4, 0.5) is 0 Å². The van der Waals surface area contributed by atoms with Crippen LogP contribution >= 0.6 is 0 Å². The van der Waals surface area contributed by atoms with Crippen molar-refractivity contribution in [1.82, 2.24) is 9.78 Å². The molecule has 3 heteroatoms. The second-order valence-electron chi connectivity index (χ2n) is 4.37. The largest absolute Gasteiger partial charge is 0.326 e. The van der Waals surface area contributed by atoms with Gasteiger partial charge >= 0.3 is 0 Å². The SMILES string of the molecule is CCCC(N)Cn1cc(-c2ccccc2)cn1. The highest BCUT2D eigenvalue weighted by Gasteiger charge is 2.05. The first-order valence-electron chi connectivity index (χ1n) is 6.13. The number of benzene rings is 1. The van der Waals surface area contributed by atoms with Crippen LogP contribution in [0, 0.1) is 0 Å². The van der Waals surface area contributed by atoms with Crippen molar-refractivity contribution in [3.05, 3.63) is 42.7 Å². The number of nitrogens with zero attached hydrogens (tertiary/aromatic N) is 2. The molecular formula is C14H19N3. The van der Waals surface area contributed by atoms with E-state index in [4.69, 9.17) is 5.73 Å². The molecular weight excluding hydrogens is 210 g/mol. The molecule has 2 aromatic rings. The minimum absolute atomic E-state index is 0.198. The van der Waals surface area contributed by atoms with Crippen LogP contribution in [0.15, 0.2) is 42.7 Å². The Balaban J connectivity index is 2.06. The van der Waals surface area contributed by atoms with Gasteiger partial charge in [0, 0.05) is 17.8 Å². The van der Waals surface area contributed by atoms with Crippen LogP contribution in [0.25, 0.3) is 11.1 Å². The summed E-state index contributed by atoms with van der Waals surface area (Å²) in [5.74, 6) is 0. The summed E-state index contributed by atoms with van der Waals surface area (Å²) >= 11 is 0. The van der Waals surface area contributed by atoms with Crippen molar-refractivity contribution in [2.45, 2.75) is 32.4 Å². The van der Waals surface area contributed by atoms with Crippen molar-refractivity contribution in [2.24, 2.45) is 5.73 Å². The van der Waals surface area contributed by atoms with Gasteiger partial charge in [0.2, 0.25) is 0 Å². The van der Waals surface area contributed by atoms with Crippen LogP contribution in [0.3, 0.4) is 0 Å². The van der Waals surface area contributed by atoms with Crippen molar-refractivity contribution in [3.63, 3.8) is 0 Å². The van der Waals surface area contributed by atoms with E-state index in [2.05, 4.69) is 30.4 Å². The maximum atomic E-state index is 6.00. The van der Waals surface area contributed by atoms with E-state index in [9.17, 15) is 0 Å². The maximum Gasteiger partial charge on any atom is 0.0568 e. The van der Waals surface area contributed by atoms with Crippen LogP contribution in [-0.2, 0) is 6.54 Å². The average Bonchev–Trinajstić information content (AvgIpc) is 2.79. The van der Waals surface area contributed by atoms with Crippen LogP contribution in [0.5, 0.6) is 0 Å². The number of nitrogens with two attached hydrogens (primary N) is 1. The fourth-order valence-corrected chi connectivity index (χ4v) is 1.95. The Kier molecular flexibility index (Phi) is 3.94. The highest BCUT2D eigenvalue weighted by atomic mass is 15.3. The number of hydrogen-bond acceptors (Lipinski definition) is 2. The molecule has 0 aliphatic carbocycles. The quantitative estimate of drug-likeness (QED) is 0.856. The van der Waals surface area contributed by atoms with Crippen molar-refractivity contribution in [2.75, 3.05) is 0 Å². The summed E-state index contributed by atoms with van der Waals surface area (Å²) < 4.78 is 1.93. The van der Waals surface area contributed by atoms with Crippen molar-refractivity contribution < 1.29 is 0 Å². The summed E-state index contributed by atoms with van der Waals surface area (Å²) in [7, 11) is 0. The van der Waals surface area contributed by atoms with E-state index in [1.807, 2.05) is 29.1 Å². The minimum Gasteiger partial charge on any atom is -0.326 e. The predicted octanol–water partition coefficient (Wildman–Crippen LogP) is 2.68. The normalized spacial score (nSPS) is 12.6. The van der Waals surface area contributed by atoms with E-state index in [-0.39, 0.29) is 6.04 Å². The first kappa shape index (κ1) is 11.9. The smallest absolute Gasteiger partial charge is 0.0568 e. The lowest BCUT2D eigenvalue weighted by Crippen LogP contribution is -2.26. The monoisotopic (exact) mass is 229 g/mol. The molecule has 0 saturated carbocycles. The lowest BCUT2D eigenvalue weighted by Gasteiger charge is -2.09. The Labute approximate surface area is 102 Å². The summed E-state index contributed by atoms with van der Waals surface area (Å²) in [4.78, 5) is 0. The summed E-state index contributed by atoms with van der Waals surface area (Å²) in [6.07, 6.45) is 6.12. The molecule has 1 unspecified atom stereocenters. The van der Waals surface area contributed by atoms with Gasteiger partial charge in [0.05, 0.1) is 12.7 Å². The molecule has 0 aliphatic rings. The summed E-state index contributed by atoms with van der Waals surface area (Å²) in [5, 5.41) is 4.35. The number of aromatic nitrogens is 2. The van der Waals surface area contributed by atoms with E-state index in [1.165, 1.54) is 5.56 Å². The van der Waals surface area contributed by atoms with Gasteiger partial charge in [-0.05, 0) is 12.0 Å². The summed E-state index contributed by atoms with van der Waals surface area (Å²) in [6.45, 7) is 2.94. The van der Waals surface area contributed by atoms with Crippen LogP contribution in [-0.4, -0.2) is 15.8 Å². The van der Waals surface area contributed by atoms with Gasteiger partial charge in [0.1, 0.15) is 0 Å². The molecule has 0 aliphatic heterocycles. The van der Waals surface area contributed by atoms with Gasteiger partial charge in [-0.25, -0.2) is 0 Å². The number of rotatable bonds is 5. The molecule has 1 heterocycles. The fourth-order valence-electron chi connectivity index (χ4n) is 1.95. The van der Waals surface area contributed by atoms with Gasteiger partial charge in [0.15, 0.2) is 0 Å². The van der Waals surface area contributed by atoms with Crippen LogP contribution in [0.1, 0.15) is 19.8 Å². The Morgan fingerprint density at radius 3 is 2.71 bits per heavy atom. The lowest BCUT2D eigenvalue weighted by atomic mass is 10.1. The molecule has 0 amide bonds. The summed E-state index contributed by atoms with van der Waals surface area (Å²) in [5.41, 5.74) is 8.35. The van der Waals surface area contributed by atoms with E-state index >= 15 is 0 Å². The predicted molar refractivity (Wildman–Crippen MR) is 70.5 cm³/mol. The molecule has 90 valence electrons. The zero-order chi connectivity index (χ0) is 12.1. The van der Waals surface area contributed by atoms with Gasteiger partial charge in [-0.15, -0.1) is 0 Å².